The highest BCUT2D eigenvalue weighted by atomic mass is 79.9. The molecule has 1 aromatic rings. The fourth-order valence-electron chi connectivity index (χ4n) is 1.43. The van der Waals surface area contributed by atoms with Gasteiger partial charge in [-0.05, 0) is 37.6 Å². The van der Waals surface area contributed by atoms with Gasteiger partial charge in [0, 0.05) is 18.1 Å². The third-order valence-electron chi connectivity index (χ3n) is 2.36. The van der Waals surface area contributed by atoms with Crippen molar-refractivity contribution in [1.29, 1.82) is 0 Å². The zero-order valence-corrected chi connectivity index (χ0v) is 12.4. The molecule has 0 amide bonds. The van der Waals surface area contributed by atoms with Gasteiger partial charge in [0.05, 0.1) is 11.0 Å². The van der Waals surface area contributed by atoms with E-state index in [-0.39, 0.29) is 11.4 Å². The number of aryl methyl sites for hydroxylation is 1. The van der Waals surface area contributed by atoms with Gasteiger partial charge in [-0.2, -0.15) is 4.31 Å². The van der Waals surface area contributed by atoms with E-state index in [4.69, 9.17) is 0 Å². The summed E-state index contributed by atoms with van der Waals surface area (Å²) in [6, 6.07) is 4.86. The van der Waals surface area contributed by atoms with Gasteiger partial charge >= 0.3 is 0 Å². The molecule has 4 nitrogen and oxygen atoms in total. The van der Waals surface area contributed by atoms with Crippen LogP contribution in [0.15, 0.2) is 27.6 Å². The maximum atomic E-state index is 12.1. The Hall–Kier alpha value is -0.430. The summed E-state index contributed by atoms with van der Waals surface area (Å²) in [5, 5.41) is 9.22. The number of sulfonamides is 1. The van der Waals surface area contributed by atoms with Crippen molar-refractivity contribution in [2.75, 3.05) is 13.6 Å². The molecule has 96 valence electrons. The smallest absolute Gasteiger partial charge is 0.242 e. The van der Waals surface area contributed by atoms with Crippen molar-refractivity contribution in [2.45, 2.75) is 24.8 Å². The van der Waals surface area contributed by atoms with Gasteiger partial charge in [-0.1, -0.05) is 15.9 Å². The first-order valence-corrected chi connectivity index (χ1v) is 7.39. The van der Waals surface area contributed by atoms with Crippen molar-refractivity contribution in [1.82, 2.24) is 4.31 Å². The van der Waals surface area contributed by atoms with E-state index in [9.17, 15) is 13.5 Å². The first kappa shape index (κ1) is 14.6. The van der Waals surface area contributed by atoms with Crippen LogP contribution in [0.5, 0.6) is 0 Å². The second kappa shape index (κ2) is 5.48. The monoisotopic (exact) mass is 321 g/mol. The second-order valence-electron chi connectivity index (χ2n) is 4.05. The van der Waals surface area contributed by atoms with Crippen LogP contribution in [0.4, 0.5) is 0 Å². The van der Waals surface area contributed by atoms with Crippen LogP contribution >= 0.6 is 15.9 Å². The van der Waals surface area contributed by atoms with Gasteiger partial charge in [-0.3, -0.25) is 0 Å². The summed E-state index contributed by atoms with van der Waals surface area (Å²) in [6.45, 7) is 3.47. The van der Waals surface area contributed by atoms with Crippen molar-refractivity contribution < 1.29 is 13.5 Å². The first-order valence-electron chi connectivity index (χ1n) is 5.15. The number of halogens is 1. The van der Waals surface area contributed by atoms with E-state index >= 15 is 0 Å². The number of hydrogen-bond acceptors (Lipinski definition) is 3. The average Bonchev–Trinajstić information content (AvgIpc) is 2.20. The van der Waals surface area contributed by atoms with E-state index in [0.717, 1.165) is 14.3 Å². The molecule has 1 rings (SSSR count). The lowest BCUT2D eigenvalue weighted by Crippen LogP contribution is -2.33. The molecule has 0 aliphatic rings. The summed E-state index contributed by atoms with van der Waals surface area (Å²) < 4.78 is 26.3. The molecule has 0 saturated heterocycles. The molecule has 17 heavy (non-hydrogen) atoms. The number of benzene rings is 1. The van der Waals surface area contributed by atoms with E-state index < -0.39 is 16.1 Å². The maximum absolute atomic E-state index is 12.1. The van der Waals surface area contributed by atoms with Crippen molar-refractivity contribution in [3.05, 3.63) is 28.2 Å². The molecule has 1 atom stereocenters. The zero-order valence-electron chi connectivity index (χ0n) is 10.0. The van der Waals surface area contributed by atoms with Gasteiger partial charge in [-0.25, -0.2) is 8.42 Å². The summed E-state index contributed by atoms with van der Waals surface area (Å²) >= 11 is 3.32. The SMILES string of the molecule is Cc1cc(S(=O)(=O)N(C)CC(C)O)ccc1Br. The predicted molar refractivity (Wildman–Crippen MR) is 70.4 cm³/mol. The first-order chi connectivity index (χ1) is 7.75. The van der Waals surface area contributed by atoms with Crippen molar-refractivity contribution in [3.8, 4) is 0 Å². The number of rotatable bonds is 4. The van der Waals surface area contributed by atoms with Gasteiger partial charge < -0.3 is 5.11 Å². The minimum Gasteiger partial charge on any atom is -0.392 e. The van der Waals surface area contributed by atoms with E-state index in [1.165, 1.54) is 7.05 Å². The van der Waals surface area contributed by atoms with Crippen LogP contribution in [0.3, 0.4) is 0 Å². The molecule has 1 aromatic carbocycles. The molecule has 0 aliphatic heterocycles. The van der Waals surface area contributed by atoms with Crippen LogP contribution in [0.1, 0.15) is 12.5 Å². The van der Waals surface area contributed by atoms with E-state index in [1.807, 2.05) is 6.92 Å². The van der Waals surface area contributed by atoms with Gasteiger partial charge in [0.15, 0.2) is 0 Å². The van der Waals surface area contributed by atoms with Gasteiger partial charge in [-0.15, -0.1) is 0 Å². The van der Waals surface area contributed by atoms with E-state index in [1.54, 1.807) is 25.1 Å². The largest absolute Gasteiger partial charge is 0.392 e. The van der Waals surface area contributed by atoms with E-state index in [0.29, 0.717) is 0 Å². The normalized spacial score (nSPS) is 14.0. The molecule has 0 spiro atoms. The Labute approximate surface area is 110 Å². The van der Waals surface area contributed by atoms with E-state index in [2.05, 4.69) is 15.9 Å². The van der Waals surface area contributed by atoms with Crippen molar-refractivity contribution in [2.24, 2.45) is 0 Å². The summed E-state index contributed by atoms with van der Waals surface area (Å²) in [5.74, 6) is 0. The van der Waals surface area contributed by atoms with Crippen LogP contribution in [0.25, 0.3) is 0 Å². The Morgan fingerprint density at radius 3 is 2.53 bits per heavy atom. The second-order valence-corrected chi connectivity index (χ2v) is 6.94. The highest BCUT2D eigenvalue weighted by Crippen LogP contribution is 2.22. The summed E-state index contributed by atoms with van der Waals surface area (Å²) in [4.78, 5) is 0.237. The number of aliphatic hydroxyl groups is 1. The van der Waals surface area contributed by atoms with Gasteiger partial charge in [0.2, 0.25) is 10.0 Å². The van der Waals surface area contributed by atoms with Crippen molar-refractivity contribution >= 4 is 26.0 Å². The van der Waals surface area contributed by atoms with Gasteiger partial charge in [0.1, 0.15) is 0 Å². The molecule has 1 N–H and O–H groups in total. The molecule has 0 aromatic heterocycles. The standard InChI is InChI=1S/C11H16BrNO3S/c1-8-6-10(4-5-11(8)12)17(15,16)13(3)7-9(2)14/h4-6,9,14H,7H2,1-3H3. The molecular formula is C11H16BrNO3S. The highest BCUT2D eigenvalue weighted by molar-refractivity contribution is 9.10. The maximum Gasteiger partial charge on any atom is 0.242 e. The lowest BCUT2D eigenvalue weighted by Gasteiger charge is -2.19. The van der Waals surface area contributed by atoms with Gasteiger partial charge in [0.25, 0.3) is 0 Å². The third-order valence-corrected chi connectivity index (χ3v) is 5.07. The zero-order chi connectivity index (χ0) is 13.2. The summed E-state index contributed by atoms with van der Waals surface area (Å²) in [5.41, 5.74) is 0.858. The van der Waals surface area contributed by atoms with Crippen LogP contribution < -0.4 is 0 Å². The lowest BCUT2D eigenvalue weighted by atomic mass is 10.2. The highest BCUT2D eigenvalue weighted by Gasteiger charge is 2.22. The van der Waals surface area contributed by atoms with Crippen LogP contribution in [-0.4, -0.2) is 37.5 Å². The lowest BCUT2D eigenvalue weighted by molar-refractivity contribution is 0.171. The number of hydrogen-bond donors (Lipinski definition) is 1. The van der Waals surface area contributed by atoms with Crippen molar-refractivity contribution in [3.63, 3.8) is 0 Å². The minimum atomic E-state index is -3.52. The Morgan fingerprint density at radius 2 is 2.06 bits per heavy atom. The Kier molecular flexibility index (Phi) is 4.71. The number of nitrogens with zero attached hydrogens (tertiary/aromatic N) is 1. The Balaban J connectivity index is 3.09. The van der Waals surface area contributed by atoms with Crippen LogP contribution in [-0.2, 0) is 10.0 Å². The summed E-state index contributed by atoms with van der Waals surface area (Å²) in [6.07, 6.45) is -0.689. The molecule has 6 heteroatoms. The van der Waals surface area contributed by atoms with Crippen LogP contribution in [0.2, 0.25) is 0 Å². The number of aliphatic hydroxyl groups excluding tert-OH is 1. The predicted octanol–water partition coefficient (Wildman–Crippen LogP) is 1.76. The fraction of sp³-hybridized carbons (Fsp3) is 0.455. The molecule has 1 unspecified atom stereocenters. The molecule has 0 saturated carbocycles. The average molecular weight is 322 g/mol. The molecule has 0 fully saturated rings. The minimum absolute atomic E-state index is 0.0808. The third kappa shape index (κ3) is 3.51. The topological polar surface area (TPSA) is 57.6 Å². The Morgan fingerprint density at radius 1 is 1.47 bits per heavy atom. The van der Waals surface area contributed by atoms with Crippen LogP contribution in [0, 0.1) is 6.92 Å². The number of likely N-dealkylation sites (N-methyl/N-ethyl adjacent to an activating group) is 1. The summed E-state index contributed by atoms with van der Waals surface area (Å²) in [7, 11) is -2.06. The quantitative estimate of drug-likeness (QED) is 0.919. The molecule has 0 bridgehead atoms. The fourth-order valence-corrected chi connectivity index (χ4v) is 3.01. The Bertz CT molecular complexity index is 499. The molecule has 0 aliphatic carbocycles. The molecule has 0 radical (unpaired) electrons. The molecular weight excluding hydrogens is 306 g/mol. The molecule has 0 heterocycles.